The van der Waals surface area contributed by atoms with E-state index in [1.807, 2.05) is 12.1 Å². The number of rotatable bonds is 5. The van der Waals surface area contributed by atoms with Gasteiger partial charge in [0.25, 0.3) is 0 Å². The smallest absolute Gasteiger partial charge is 0.342 e. The Balaban J connectivity index is 1.55. The predicted molar refractivity (Wildman–Crippen MR) is 105 cm³/mol. The van der Waals surface area contributed by atoms with Gasteiger partial charge in [0.1, 0.15) is 21.5 Å². The molecule has 28 heavy (non-hydrogen) atoms. The molecule has 0 aliphatic heterocycles. The fourth-order valence-corrected chi connectivity index (χ4v) is 4.44. The number of hydrogen-bond acceptors (Lipinski definition) is 6. The number of nitrogens with zero attached hydrogens (tertiary/aromatic N) is 2. The van der Waals surface area contributed by atoms with E-state index in [1.54, 1.807) is 30.7 Å². The zero-order valence-corrected chi connectivity index (χ0v) is 16.0. The number of halogens is 1. The lowest BCUT2D eigenvalue weighted by Gasteiger charge is -2.08. The molecule has 0 spiro atoms. The van der Waals surface area contributed by atoms with E-state index in [0.717, 1.165) is 33.1 Å². The summed E-state index contributed by atoms with van der Waals surface area (Å²) in [7, 11) is -4.25. The second-order valence-electron chi connectivity index (χ2n) is 5.76. The van der Waals surface area contributed by atoms with Gasteiger partial charge in [0.15, 0.2) is 0 Å². The number of pyridine rings is 1. The molecule has 0 saturated carbocycles. The second-order valence-corrected chi connectivity index (χ2v) is 8.31. The summed E-state index contributed by atoms with van der Waals surface area (Å²) >= 11 is 1.50. The standard InChI is InChI=1S/C20H13FN2O3S2/c21-17-5-1-2-6-19(17)28(24,25)26-16-9-7-14(8-10-16)18-13-23-20(27-18)15-4-3-11-22-12-15/h1-13H. The van der Waals surface area contributed by atoms with Crippen LogP contribution in [0.4, 0.5) is 4.39 Å². The van der Waals surface area contributed by atoms with Crippen LogP contribution in [-0.4, -0.2) is 18.4 Å². The van der Waals surface area contributed by atoms with Gasteiger partial charge in [-0.3, -0.25) is 4.98 Å². The van der Waals surface area contributed by atoms with E-state index < -0.39 is 20.8 Å². The molecule has 0 aliphatic carbocycles. The molecule has 2 aromatic carbocycles. The van der Waals surface area contributed by atoms with Crippen molar-refractivity contribution in [2.45, 2.75) is 4.90 Å². The van der Waals surface area contributed by atoms with Crippen molar-refractivity contribution in [1.82, 2.24) is 9.97 Å². The Labute approximate surface area is 165 Å². The molecule has 0 aliphatic rings. The topological polar surface area (TPSA) is 69.2 Å². The average Bonchev–Trinajstić information content (AvgIpc) is 3.19. The van der Waals surface area contributed by atoms with Crippen LogP contribution in [0.2, 0.25) is 0 Å². The number of thiazole rings is 1. The molecule has 0 N–H and O–H groups in total. The van der Waals surface area contributed by atoms with Crippen molar-refractivity contribution in [1.29, 1.82) is 0 Å². The lowest BCUT2D eigenvalue weighted by molar-refractivity contribution is 0.476. The lowest BCUT2D eigenvalue weighted by atomic mass is 10.2. The molecule has 4 aromatic rings. The third kappa shape index (κ3) is 3.78. The zero-order valence-electron chi connectivity index (χ0n) is 14.3. The molecule has 2 heterocycles. The SMILES string of the molecule is O=S(=O)(Oc1ccc(-c2cnc(-c3cccnc3)s2)cc1)c1ccccc1F. The fraction of sp³-hybridized carbons (Fsp3) is 0. The van der Waals surface area contributed by atoms with Crippen LogP contribution in [0.25, 0.3) is 21.0 Å². The summed E-state index contributed by atoms with van der Waals surface area (Å²) < 4.78 is 43.3. The zero-order chi connectivity index (χ0) is 19.6. The maximum absolute atomic E-state index is 13.7. The van der Waals surface area contributed by atoms with E-state index in [2.05, 4.69) is 9.97 Å². The largest absolute Gasteiger partial charge is 0.379 e. The monoisotopic (exact) mass is 412 g/mol. The minimum Gasteiger partial charge on any atom is -0.379 e. The van der Waals surface area contributed by atoms with Gasteiger partial charge in [0.05, 0.1) is 4.88 Å². The van der Waals surface area contributed by atoms with Gasteiger partial charge >= 0.3 is 10.1 Å². The minimum atomic E-state index is -4.25. The van der Waals surface area contributed by atoms with Crippen LogP contribution in [0.15, 0.2) is 84.1 Å². The Morgan fingerprint density at radius 1 is 0.893 bits per heavy atom. The molecule has 0 unspecified atom stereocenters. The minimum absolute atomic E-state index is 0.101. The quantitative estimate of drug-likeness (QED) is 0.441. The van der Waals surface area contributed by atoms with Crippen LogP contribution in [0.1, 0.15) is 0 Å². The molecule has 0 radical (unpaired) electrons. The first kappa shape index (κ1) is 18.3. The summed E-state index contributed by atoms with van der Waals surface area (Å²) in [6, 6.07) is 15.4. The molecule has 5 nitrogen and oxygen atoms in total. The van der Waals surface area contributed by atoms with Crippen molar-refractivity contribution in [3.8, 4) is 26.8 Å². The Morgan fingerprint density at radius 3 is 2.39 bits per heavy atom. The maximum atomic E-state index is 13.7. The van der Waals surface area contributed by atoms with Crippen LogP contribution in [0, 0.1) is 5.82 Å². The van der Waals surface area contributed by atoms with E-state index in [0.29, 0.717) is 0 Å². The number of hydrogen-bond donors (Lipinski definition) is 0. The van der Waals surface area contributed by atoms with Crippen molar-refractivity contribution in [2.75, 3.05) is 0 Å². The normalized spacial score (nSPS) is 11.3. The molecular formula is C20H13FN2O3S2. The summed E-state index contributed by atoms with van der Waals surface area (Å²) in [5, 5.41) is 0.838. The number of benzene rings is 2. The number of aromatic nitrogens is 2. The maximum Gasteiger partial charge on any atom is 0.342 e. The Bertz CT molecular complexity index is 1210. The van der Waals surface area contributed by atoms with Gasteiger partial charge in [-0.2, -0.15) is 8.42 Å². The highest BCUT2D eigenvalue weighted by atomic mass is 32.2. The Kier molecular flexibility index (Phi) is 4.89. The summed E-state index contributed by atoms with van der Waals surface area (Å²) in [5.74, 6) is -0.754. The molecule has 0 fully saturated rings. The summed E-state index contributed by atoms with van der Waals surface area (Å²) in [4.78, 5) is 8.91. The van der Waals surface area contributed by atoms with Crippen molar-refractivity contribution in [2.24, 2.45) is 0 Å². The molecule has 4 rings (SSSR count). The molecule has 0 amide bonds. The van der Waals surface area contributed by atoms with E-state index in [9.17, 15) is 12.8 Å². The van der Waals surface area contributed by atoms with Gasteiger partial charge in [-0.05, 0) is 54.1 Å². The van der Waals surface area contributed by atoms with Gasteiger partial charge in [0, 0.05) is 24.2 Å². The van der Waals surface area contributed by atoms with Gasteiger partial charge in [-0.25, -0.2) is 9.37 Å². The van der Waals surface area contributed by atoms with Crippen LogP contribution >= 0.6 is 11.3 Å². The fourth-order valence-electron chi connectivity index (χ4n) is 2.52. The van der Waals surface area contributed by atoms with Crippen molar-refractivity contribution in [3.63, 3.8) is 0 Å². The highest BCUT2D eigenvalue weighted by molar-refractivity contribution is 7.87. The van der Waals surface area contributed by atoms with E-state index >= 15 is 0 Å². The Morgan fingerprint density at radius 2 is 1.68 bits per heavy atom. The first-order chi connectivity index (χ1) is 13.5. The first-order valence-corrected chi connectivity index (χ1v) is 10.4. The third-order valence-electron chi connectivity index (χ3n) is 3.86. The molecule has 140 valence electrons. The van der Waals surface area contributed by atoms with Gasteiger partial charge in [-0.15, -0.1) is 11.3 Å². The van der Waals surface area contributed by atoms with Crippen LogP contribution in [0.3, 0.4) is 0 Å². The molecule has 2 aromatic heterocycles. The molecular weight excluding hydrogens is 399 g/mol. The summed E-state index contributed by atoms with van der Waals surface area (Å²) in [5.41, 5.74) is 1.79. The van der Waals surface area contributed by atoms with Crippen molar-refractivity contribution < 1.29 is 17.0 Å². The van der Waals surface area contributed by atoms with Crippen molar-refractivity contribution >= 4 is 21.5 Å². The third-order valence-corrected chi connectivity index (χ3v) is 6.24. The van der Waals surface area contributed by atoms with Gasteiger partial charge in [0.2, 0.25) is 0 Å². The highest BCUT2D eigenvalue weighted by Crippen LogP contribution is 2.32. The molecule has 0 bridgehead atoms. The second kappa shape index (κ2) is 7.49. The van der Waals surface area contributed by atoms with E-state index in [-0.39, 0.29) is 5.75 Å². The van der Waals surface area contributed by atoms with Gasteiger partial charge in [-0.1, -0.05) is 12.1 Å². The van der Waals surface area contributed by atoms with Crippen LogP contribution < -0.4 is 4.18 Å². The molecule has 0 atom stereocenters. The van der Waals surface area contributed by atoms with E-state index in [4.69, 9.17) is 4.18 Å². The summed E-state index contributed by atoms with van der Waals surface area (Å²) in [6.07, 6.45) is 5.19. The summed E-state index contributed by atoms with van der Waals surface area (Å²) in [6.45, 7) is 0. The Hall–Kier alpha value is -3.10. The van der Waals surface area contributed by atoms with E-state index in [1.165, 1.54) is 35.6 Å². The predicted octanol–water partition coefficient (Wildman–Crippen LogP) is 4.78. The van der Waals surface area contributed by atoms with Crippen LogP contribution in [0.5, 0.6) is 5.75 Å². The van der Waals surface area contributed by atoms with Crippen molar-refractivity contribution in [3.05, 3.63) is 85.1 Å². The first-order valence-electron chi connectivity index (χ1n) is 8.19. The highest BCUT2D eigenvalue weighted by Gasteiger charge is 2.21. The molecule has 0 saturated heterocycles. The molecule has 8 heteroatoms. The lowest BCUT2D eigenvalue weighted by Crippen LogP contribution is -2.11. The van der Waals surface area contributed by atoms with Gasteiger partial charge < -0.3 is 4.18 Å². The average molecular weight is 412 g/mol. The van der Waals surface area contributed by atoms with Crippen LogP contribution in [-0.2, 0) is 10.1 Å².